The second-order valence-corrected chi connectivity index (χ2v) is 3.31. The summed E-state index contributed by atoms with van der Waals surface area (Å²) in [5.41, 5.74) is 9.78. The van der Waals surface area contributed by atoms with Crippen LogP contribution in [0.4, 0.5) is 0 Å². The number of ether oxygens (including phenoxy) is 1. The number of nitrogens with zero attached hydrogens (tertiary/aromatic N) is 2. The van der Waals surface area contributed by atoms with Crippen molar-refractivity contribution in [1.82, 2.24) is 0 Å². The van der Waals surface area contributed by atoms with Gasteiger partial charge >= 0.3 is 11.7 Å². The average molecular weight is 230 g/mol. The molecule has 5 nitrogen and oxygen atoms in total. The van der Waals surface area contributed by atoms with Crippen molar-refractivity contribution in [3.63, 3.8) is 0 Å². The van der Waals surface area contributed by atoms with Gasteiger partial charge in [0.05, 0.1) is 6.61 Å². The monoisotopic (exact) mass is 230 g/mol. The molecule has 0 aliphatic carbocycles. The first-order chi connectivity index (χ1) is 8.27. The lowest BCUT2D eigenvalue weighted by Crippen LogP contribution is -2.19. The van der Waals surface area contributed by atoms with Crippen molar-refractivity contribution in [3.05, 3.63) is 41.6 Å². The van der Waals surface area contributed by atoms with Gasteiger partial charge in [-0.3, -0.25) is 0 Å². The number of fused-ring (bicyclic) bond motifs is 1. The third kappa shape index (κ3) is 1.96. The summed E-state index contributed by atoms with van der Waals surface area (Å²) in [6.07, 6.45) is 1.37. The fourth-order valence-corrected chi connectivity index (χ4v) is 1.57. The third-order valence-electron chi connectivity index (χ3n) is 2.30. The predicted molar refractivity (Wildman–Crippen MR) is 60.6 cm³/mol. The Morgan fingerprint density at radius 1 is 1.47 bits per heavy atom. The van der Waals surface area contributed by atoms with E-state index in [0.29, 0.717) is 16.5 Å². The van der Waals surface area contributed by atoms with Gasteiger partial charge in [-0.25, -0.2) is 4.79 Å². The topological polar surface area (TPSA) is 75.8 Å². The van der Waals surface area contributed by atoms with E-state index in [0.717, 1.165) is 0 Å². The first kappa shape index (κ1) is 11.1. The second-order valence-electron chi connectivity index (χ2n) is 3.31. The Kier molecular flexibility index (Phi) is 3.03. The molecule has 2 aromatic rings. The minimum Gasteiger partial charge on any atom is -0.463 e. The molecule has 1 heterocycles. The maximum absolute atomic E-state index is 11.6. The molecule has 0 saturated heterocycles. The van der Waals surface area contributed by atoms with Crippen LogP contribution in [0.3, 0.4) is 0 Å². The molecule has 0 saturated carbocycles. The fraction of sp³-hybridized carbons (Fsp3) is 0.167. The number of carbonyl (C=O) groups excluding carboxylic acids is 1. The first-order valence-electron chi connectivity index (χ1n) is 5.13. The van der Waals surface area contributed by atoms with Crippen LogP contribution < -0.4 is 0 Å². The molecule has 0 bridgehead atoms. The van der Waals surface area contributed by atoms with E-state index in [4.69, 9.17) is 14.7 Å². The van der Waals surface area contributed by atoms with Gasteiger partial charge in [0, 0.05) is 5.39 Å². The molecular formula is C12H10N2O3. The first-order valence-corrected chi connectivity index (χ1v) is 5.13. The van der Waals surface area contributed by atoms with Gasteiger partial charge in [0.1, 0.15) is 17.4 Å². The summed E-state index contributed by atoms with van der Waals surface area (Å²) < 4.78 is 10.1. The van der Waals surface area contributed by atoms with Crippen molar-refractivity contribution in [1.29, 1.82) is 0 Å². The molecule has 0 spiro atoms. The fourth-order valence-electron chi connectivity index (χ4n) is 1.57. The summed E-state index contributed by atoms with van der Waals surface area (Å²) in [6.45, 7) is 1.90. The zero-order chi connectivity index (χ0) is 12.3. The van der Waals surface area contributed by atoms with E-state index in [1.165, 1.54) is 6.26 Å². The lowest BCUT2D eigenvalue weighted by molar-refractivity contribution is -0.139. The average Bonchev–Trinajstić information content (AvgIpc) is 2.75. The van der Waals surface area contributed by atoms with Crippen molar-refractivity contribution in [3.8, 4) is 0 Å². The Hall–Kier alpha value is -2.39. The molecule has 0 aliphatic heterocycles. The second kappa shape index (κ2) is 4.63. The van der Waals surface area contributed by atoms with E-state index in [1.807, 2.05) is 12.1 Å². The largest absolute Gasteiger partial charge is 0.463 e. The van der Waals surface area contributed by atoms with E-state index in [-0.39, 0.29) is 12.3 Å². The molecule has 1 aromatic heterocycles. The number of rotatable bonds is 3. The van der Waals surface area contributed by atoms with Gasteiger partial charge in [0.2, 0.25) is 0 Å². The SMILES string of the molecule is CCOC(=O)C(=[N+]=[N-])c1coc2ccccc12. The highest BCUT2D eigenvalue weighted by Gasteiger charge is 2.28. The van der Waals surface area contributed by atoms with Gasteiger partial charge in [0.15, 0.2) is 0 Å². The minimum absolute atomic E-state index is 0.156. The van der Waals surface area contributed by atoms with Crippen LogP contribution in [0.25, 0.3) is 16.5 Å². The van der Waals surface area contributed by atoms with Crippen molar-refractivity contribution in [2.45, 2.75) is 6.92 Å². The number of para-hydroxylation sites is 1. The summed E-state index contributed by atoms with van der Waals surface area (Å²) in [6, 6.07) is 7.16. The van der Waals surface area contributed by atoms with E-state index >= 15 is 0 Å². The van der Waals surface area contributed by atoms with Gasteiger partial charge < -0.3 is 14.7 Å². The number of hydrogen-bond donors (Lipinski definition) is 0. The normalized spacial score (nSPS) is 9.94. The van der Waals surface area contributed by atoms with Gasteiger partial charge in [-0.2, -0.15) is 4.79 Å². The quantitative estimate of drug-likeness (QED) is 0.350. The third-order valence-corrected chi connectivity index (χ3v) is 2.30. The predicted octanol–water partition coefficient (Wildman–Crippen LogP) is 2.01. The Morgan fingerprint density at radius 2 is 2.24 bits per heavy atom. The summed E-state index contributed by atoms with van der Waals surface area (Å²) >= 11 is 0. The minimum atomic E-state index is -0.679. The Balaban J connectivity index is 2.52. The number of carbonyl (C=O) groups is 1. The smallest absolute Gasteiger partial charge is 0.422 e. The molecule has 17 heavy (non-hydrogen) atoms. The Morgan fingerprint density at radius 3 is 2.94 bits per heavy atom. The summed E-state index contributed by atoms with van der Waals surface area (Å²) in [7, 11) is 0. The number of benzene rings is 1. The highest BCUT2D eigenvalue weighted by molar-refractivity contribution is 6.42. The molecule has 2 rings (SSSR count). The molecule has 0 unspecified atom stereocenters. The summed E-state index contributed by atoms with van der Waals surface area (Å²) in [4.78, 5) is 14.5. The van der Waals surface area contributed by atoms with Crippen LogP contribution >= 0.6 is 0 Å². The lowest BCUT2D eigenvalue weighted by Gasteiger charge is -1.95. The van der Waals surface area contributed by atoms with Crippen LogP contribution in [0.1, 0.15) is 12.5 Å². The molecule has 0 N–H and O–H groups in total. The molecule has 0 amide bonds. The van der Waals surface area contributed by atoms with Crippen LogP contribution in [0.5, 0.6) is 0 Å². The van der Waals surface area contributed by atoms with Crippen LogP contribution in [0.2, 0.25) is 0 Å². The Bertz CT molecular complexity index is 609. The molecule has 1 aromatic carbocycles. The molecule has 0 radical (unpaired) electrons. The van der Waals surface area contributed by atoms with E-state index in [9.17, 15) is 4.79 Å². The van der Waals surface area contributed by atoms with Crippen molar-refractivity contribution in [2.24, 2.45) is 0 Å². The van der Waals surface area contributed by atoms with Gasteiger partial charge in [-0.05, 0) is 13.0 Å². The van der Waals surface area contributed by atoms with E-state index < -0.39 is 5.97 Å². The zero-order valence-corrected chi connectivity index (χ0v) is 9.21. The lowest BCUT2D eigenvalue weighted by atomic mass is 10.1. The number of furan rings is 1. The van der Waals surface area contributed by atoms with E-state index in [1.54, 1.807) is 19.1 Å². The molecule has 86 valence electrons. The molecule has 0 aliphatic rings. The van der Waals surface area contributed by atoms with Crippen molar-refractivity contribution >= 4 is 22.7 Å². The van der Waals surface area contributed by atoms with Gasteiger partial charge in [-0.15, -0.1) is 0 Å². The van der Waals surface area contributed by atoms with Crippen LogP contribution in [-0.4, -0.2) is 23.1 Å². The van der Waals surface area contributed by atoms with Crippen molar-refractivity contribution < 1.29 is 18.7 Å². The number of esters is 1. The number of hydrogen-bond acceptors (Lipinski definition) is 3. The van der Waals surface area contributed by atoms with E-state index in [2.05, 4.69) is 4.79 Å². The molecule has 5 heteroatoms. The maximum Gasteiger partial charge on any atom is 0.422 e. The molecular weight excluding hydrogens is 220 g/mol. The standard InChI is InChI=1S/C12H10N2O3/c1-2-16-12(15)11(14-13)9-7-17-10-6-4-3-5-8(9)10/h3-7H,2H2,1H3. The Labute approximate surface area is 97.2 Å². The highest BCUT2D eigenvalue weighted by atomic mass is 16.5. The van der Waals surface area contributed by atoms with Gasteiger partial charge in [-0.1, -0.05) is 18.2 Å². The van der Waals surface area contributed by atoms with Crippen molar-refractivity contribution in [2.75, 3.05) is 6.61 Å². The molecule has 0 atom stereocenters. The van der Waals surface area contributed by atoms with Crippen LogP contribution in [0, 0.1) is 0 Å². The highest BCUT2D eigenvalue weighted by Crippen LogP contribution is 2.21. The summed E-state index contributed by atoms with van der Waals surface area (Å²) in [5, 5.41) is 0.702. The maximum atomic E-state index is 11.6. The van der Waals surface area contributed by atoms with Gasteiger partial charge in [0.25, 0.3) is 0 Å². The zero-order valence-electron chi connectivity index (χ0n) is 9.21. The summed E-state index contributed by atoms with van der Waals surface area (Å²) in [5.74, 6) is -0.679. The molecule has 0 fully saturated rings. The van der Waals surface area contributed by atoms with Crippen LogP contribution in [0.15, 0.2) is 34.9 Å². The van der Waals surface area contributed by atoms with Crippen LogP contribution in [-0.2, 0) is 9.53 Å².